The van der Waals surface area contributed by atoms with Gasteiger partial charge in [-0.15, -0.1) is 0 Å². The minimum absolute atomic E-state index is 0.527. The van der Waals surface area contributed by atoms with Crippen LogP contribution in [-0.2, 0) is 11.3 Å². The standard InChI is InChI=1S/C17H19Cl2NO2/c1-2-21-10-11-22-16-9-4-3-6-13(16)12-20-15-8-5-7-14(18)17(15)19/h3-9,20H,2,10-12H2,1H3. The highest BCUT2D eigenvalue weighted by Crippen LogP contribution is 2.30. The maximum Gasteiger partial charge on any atom is 0.124 e. The van der Waals surface area contributed by atoms with E-state index in [1.807, 2.05) is 43.3 Å². The van der Waals surface area contributed by atoms with Gasteiger partial charge in [-0.3, -0.25) is 0 Å². The Hall–Kier alpha value is -1.42. The molecular weight excluding hydrogens is 321 g/mol. The van der Waals surface area contributed by atoms with E-state index in [-0.39, 0.29) is 0 Å². The van der Waals surface area contributed by atoms with E-state index in [4.69, 9.17) is 32.7 Å². The highest BCUT2D eigenvalue weighted by Gasteiger charge is 2.06. The van der Waals surface area contributed by atoms with E-state index in [2.05, 4.69) is 5.32 Å². The summed E-state index contributed by atoms with van der Waals surface area (Å²) in [4.78, 5) is 0. The van der Waals surface area contributed by atoms with Gasteiger partial charge in [-0.2, -0.15) is 0 Å². The van der Waals surface area contributed by atoms with E-state index in [0.717, 1.165) is 17.0 Å². The molecular formula is C17H19Cl2NO2. The van der Waals surface area contributed by atoms with E-state index >= 15 is 0 Å². The molecule has 0 atom stereocenters. The maximum absolute atomic E-state index is 6.18. The molecule has 1 N–H and O–H groups in total. The quantitative estimate of drug-likeness (QED) is 0.685. The molecule has 0 unspecified atom stereocenters. The molecule has 0 spiro atoms. The Balaban J connectivity index is 1.99. The summed E-state index contributed by atoms with van der Waals surface area (Å²) in [7, 11) is 0. The van der Waals surface area contributed by atoms with Crippen LogP contribution in [0, 0.1) is 0 Å². The Labute approximate surface area is 141 Å². The summed E-state index contributed by atoms with van der Waals surface area (Å²) >= 11 is 12.2. The van der Waals surface area contributed by atoms with Crippen molar-refractivity contribution in [1.29, 1.82) is 0 Å². The van der Waals surface area contributed by atoms with Crippen LogP contribution >= 0.6 is 23.2 Å². The first-order valence-corrected chi connectivity index (χ1v) is 7.94. The molecule has 0 radical (unpaired) electrons. The van der Waals surface area contributed by atoms with E-state index in [9.17, 15) is 0 Å². The van der Waals surface area contributed by atoms with Crippen LogP contribution in [-0.4, -0.2) is 19.8 Å². The number of hydrogen-bond donors (Lipinski definition) is 1. The third-order valence-corrected chi connectivity index (χ3v) is 3.90. The number of ether oxygens (including phenoxy) is 2. The second-order valence-electron chi connectivity index (χ2n) is 4.61. The van der Waals surface area contributed by atoms with Gasteiger partial charge in [0.1, 0.15) is 12.4 Å². The lowest BCUT2D eigenvalue weighted by Crippen LogP contribution is -2.09. The van der Waals surface area contributed by atoms with Crippen LogP contribution in [0.4, 0.5) is 5.69 Å². The average molecular weight is 340 g/mol. The normalized spacial score (nSPS) is 10.5. The van der Waals surface area contributed by atoms with Crippen LogP contribution in [0.1, 0.15) is 12.5 Å². The van der Waals surface area contributed by atoms with Crippen LogP contribution in [0.5, 0.6) is 5.75 Å². The fourth-order valence-electron chi connectivity index (χ4n) is 1.98. The Bertz CT molecular complexity index is 605. The smallest absolute Gasteiger partial charge is 0.124 e. The summed E-state index contributed by atoms with van der Waals surface area (Å²) in [6.07, 6.45) is 0. The molecule has 5 heteroatoms. The van der Waals surface area contributed by atoms with Crippen molar-refractivity contribution < 1.29 is 9.47 Å². The van der Waals surface area contributed by atoms with E-state index in [1.54, 1.807) is 6.07 Å². The predicted molar refractivity (Wildman–Crippen MR) is 92.2 cm³/mol. The van der Waals surface area contributed by atoms with Crippen molar-refractivity contribution in [2.24, 2.45) is 0 Å². The van der Waals surface area contributed by atoms with Gasteiger partial charge in [0.2, 0.25) is 0 Å². The van der Waals surface area contributed by atoms with Crippen molar-refractivity contribution in [3.8, 4) is 5.75 Å². The van der Waals surface area contributed by atoms with Crippen LogP contribution in [0.3, 0.4) is 0 Å². The van der Waals surface area contributed by atoms with Crippen molar-refractivity contribution in [3.63, 3.8) is 0 Å². The highest BCUT2D eigenvalue weighted by atomic mass is 35.5. The zero-order valence-corrected chi connectivity index (χ0v) is 14.0. The SMILES string of the molecule is CCOCCOc1ccccc1CNc1cccc(Cl)c1Cl. The van der Waals surface area contributed by atoms with Gasteiger partial charge in [-0.05, 0) is 25.1 Å². The second kappa shape index (κ2) is 8.89. The number of para-hydroxylation sites is 1. The number of hydrogen-bond acceptors (Lipinski definition) is 3. The molecule has 0 fully saturated rings. The fraction of sp³-hybridized carbons (Fsp3) is 0.294. The number of rotatable bonds is 8. The van der Waals surface area contributed by atoms with Crippen molar-refractivity contribution in [1.82, 2.24) is 0 Å². The molecule has 0 aliphatic rings. The number of benzene rings is 2. The van der Waals surface area contributed by atoms with Crippen molar-refractivity contribution in [3.05, 3.63) is 58.1 Å². The largest absolute Gasteiger partial charge is 0.491 e. The molecule has 0 bridgehead atoms. The second-order valence-corrected chi connectivity index (χ2v) is 5.39. The molecule has 0 aliphatic carbocycles. The average Bonchev–Trinajstić information content (AvgIpc) is 2.54. The van der Waals surface area contributed by atoms with Crippen LogP contribution in [0.2, 0.25) is 10.0 Å². The minimum atomic E-state index is 0.527. The lowest BCUT2D eigenvalue weighted by atomic mass is 10.2. The summed E-state index contributed by atoms with van der Waals surface area (Å²) < 4.78 is 11.0. The van der Waals surface area contributed by atoms with E-state index < -0.39 is 0 Å². The molecule has 3 nitrogen and oxygen atoms in total. The summed E-state index contributed by atoms with van der Waals surface area (Å²) in [5, 5.41) is 4.35. The molecule has 22 heavy (non-hydrogen) atoms. The first-order chi connectivity index (χ1) is 10.7. The number of nitrogens with one attached hydrogen (secondary N) is 1. The van der Waals surface area contributed by atoms with Crippen molar-refractivity contribution in [2.75, 3.05) is 25.1 Å². The van der Waals surface area contributed by atoms with Gasteiger partial charge >= 0.3 is 0 Å². The summed E-state index contributed by atoms with van der Waals surface area (Å²) in [5.41, 5.74) is 1.85. The minimum Gasteiger partial charge on any atom is -0.491 e. The van der Waals surface area contributed by atoms with Gasteiger partial charge < -0.3 is 14.8 Å². The molecule has 2 rings (SSSR count). The molecule has 2 aromatic carbocycles. The first kappa shape index (κ1) is 16.9. The third kappa shape index (κ3) is 4.80. The number of anilines is 1. The Morgan fingerprint density at radius 3 is 2.64 bits per heavy atom. The van der Waals surface area contributed by atoms with E-state index in [1.165, 1.54) is 0 Å². The summed E-state index contributed by atoms with van der Waals surface area (Å²) in [5.74, 6) is 0.841. The molecule has 0 heterocycles. The third-order valence-electron chi connectivity index (χ3n) is 3.08. The van der Waals surface area contributed by atoms with Gasteiger partial charge in [0.25, 0.3) is 0 Å². The zero-order chi connectivity index (χ0) is 15.8. The Morgan fingerprint density at radius 2 is 1.82 bits per heavy atom. The summed E-state index contributed by atoms with van der Waals surface area (Å²) in [6, 6.07) is 13.4. The lowest BCUT2D eigenvalue weighted by molar-refractivity contribution is 0.110. The maximum atomic E-state index is 6.18. The zero-order valence-electron chi connectivity index (χ0n) is 12.4. The van der Waals surface area contributed by atoms with Gasteiger partial charge in [-0.25, -0.2) is 0 Å². The van der Waals surface area contributed by atoms with E-state index in [0.29, 0.717) is 36.4 Å². The highest BCUT2D eigenvalue weighted by molar-refractivity contribution is 6.43. The molecule has 2 aromatic rings. The Morgan fingerprint density at radius 1 is 1.00 bits per heavy atom. The number of halogens is 2. The molecule has 0 aromatic heterocycles. The van der Waals surface area contributed by atoms with Crippen molar-refractivity contribution >= 4 is 28.9 Å². The van der Waals surface area contributed by atoms with Crippen LogP contribution < -0.4 is 10.1 Å². The van der Waals surface area contributed by atoms with Crippen LogP contribution in [0.25, 0.3) is 0 Å². The molecule has 0 saturated carbocycles. The fourth-order valence-corrected chi connectivity index (χ4v) is 2.34. The molecule has 0 aliphatic heterocycles. The van der Waals surface area contributed by atoms with Crippen LogP contribution in [0.15, 0.2) is 42.5 Å². The van der Waals surface area contributed by atoms with Gasteiger partial charge in [0.15, 0.2) is 0 Å². The lowest BCUT2D eigenvalue weighted by Gasteiger charge is -2.14. The van der Waals surface area contributed by atoms with Gasteiger partial charge in [0, 0.05) is 18.7 Å². The van der Waals surface area contributed by atoms with Gasteiger partial charge in [-0.1, -0.05) is 47.5 Å². The van der Waals surface area contributed by atoms with Gasteiger partial charge in [0.05, 0.1) is 22.3 Å². The first-order valence-electron chi connectivity index (χ1n) is 7.18. The molecule has 118 valence electrons. The Kier molecular flexibility index (Phi) is 6.84. The molecule has 0 amide bonds. The van der Waals surface area contributed by atoms with Crippen molar-refractivity contribution in [2.45, 2.75) is 13.5 Å². The summed E-state index contributed by atoms with van der Waals surface area (Å²) in [6.45, 7) is 4.37. The topological polar surface area (TPSA) is 30.5 Å². The molecule has 0 saturated heterocycles. The monoisotopic (exact) mass is 339 g/mol. The predicted octanol–water partition coefficient (Wildman–Crippen LogP) is 5.02.